The van der Waals surface area contributed by atoms with E-state index in [-0.39, 0.29) is 17.5 Å². The SMILES string of the molecule is CCn1c(=S)[nH]c2cc(C(=O)NC(C)c3ccc4ccccc4c3)ccc2c1=O. The Morgan fingerprint density at radius 2 is 1.86 bits per heavy atom. The molecule has 29 heavy (non-hydrogen) atoms. The van der Waals surface area contributed by atoms with E-state index in [1.807, 2.05) is 32.0 Å². The third-order valence-electron chi connectivity index (χ3n) is 5.18. The van der Waals surface area contributed by atoms with Crippen LogP contribution in [-0.4, -0.2) is 15.5 Å². The molecule has 0 spiro atoms. The number of amides is 1. The molecule has 0 aliphatic rings. The van der Waals surface area contributed by atoms with Gasteiger partial charge in [-0.2, -0.15) is 0 Å². The van der Waals surface area contributed by atoms with Crippen LogP contribution in [0.15, 0.2) is 65.5 Å². The van der Waals surface area contributed by atoms with Gasteiger partial charge in [0.2, 0.25) is 0 Å². The summed E-state index contributed by atoms with van der Waals surface area (Å²) < 4.78 is 1.85. The van der Waals surface area contributed by atoms with Crippen LogP contribution in [0.4, 0.5) is 0 Å². The van der Waals surface area contributed by atoms with E-state index in [2.05, 4.69) is 34.6 Å². The summed E-state index contributed by atoms with van der Waals surface area (Å²) in [5.74, 6) is -0.202. The lowest BCUT2D eigenvalue weighted by Crippen LogP contribution is -2.27. The summed E-state index contributed by atoms with van der Waals surface area (Å²) in [4.78, 5) is 28.3. The maximum absolute atomic E-state index is 12.8. The minimum absolute atomic E-state index is 0.150. The predicted molar refractivity (Wildman–Crippen MR) is 119 cm³/mol. The molecule has 146 valence electrons. The second kappa shape index (κ2) is 7.64. The van der Waals surface area contributed by atoms with Gasteiger partial charge in [0.15, 0.2) is 4.77 Å². The van der Waals surface area contributed by atoms with Crippen molar-refractivity contribution in [2.45, 2.75) is 26.4 Å². The van der Waals surface area contributed by atoms with Gasteiger partial charge in [0.25, 0.3) is 11.5 Å². The Bertz CT molecular complexity index is 1350. The average Bonchev–Trinajstić information content (AvgIpc) is 2.73. The number of aromatic amines is 1. The lowest BCUT2D eigenvalue weighted by molar-refractivity contribution is 0.0940. The predicted octanol–water partition coefficient (Wildman–Crippen LogP) is 4.72. The summed E-state index contributed by atoms with van der Waals surface area (Å²) in [5, 5.41) is 5.84. The highest BCUT2D eigenvalue weighted by molar-refractivity contribution is 7.71. The molecule has 4 aromatic rings. The number of aromatic nitrogens is 2. The van der Waals surface area contributed by atoms with Crippen LogP contribution in [-0.2, 0) is 6.54 Å². The second-order valence-electron chi connectivity index (χ2n) is 7.04. The first-order valence-electron chi connectivity index (χ1n) is 9.54. The Morgan fingerprint density at radius 3 is 2.62 bits per heavy atom. The summed E-state index contributed by atoms with van der Waals surface area (Å²) >= 11 is 5.25. The van der Waals surface area contributed by atoms with E-state index in [4.69, 9.17) is 12.2 Å². The van der Waals surface area contributed by atoms with Crippen molar-refractivity contribution in [1.82, 2.24) is 14.9 Å². The zero-order valence-electron chi connectivity index (χ0n) is 16.2. The van der Waals surface area contributed by atoms with E-state index in [9.17, 15) is 9.59 Å². The number of benzene rings is 3. The molecule has 0 saturated carbocycles. The molecular weight excluding hydrogens is 382 g/mol. The molecule has 1 aromatic heterocycles. The van der Waals surface area contributed by atoms with Crippen LogP contribution >= 0.6 is 12.2 Å². The van der Waals surface area contributed by atoms with Gasteiger partial charge in [0.05, 0.1) is 16.9 Å². The van der Waals surface area contributed by atoms with Crippen LogP contribution in [0.1, 0.15) is 35.8 Å². The van der Waals surface area contributed by atoms with Crippen LogP contribution in [0.5, 0.6) is 0 Å². The zero-order valence-corrected chi connectivity index (χ0v) is 17.0. The van der Waals surface area contributed by atoms with E-state index >= 15 is 0 Å². The van der Waals surface area contributed by atoms with Crippen LogP contribution in [0.3, 0.4) is 0 Å². The Morgan fingerprint density at radius 1 is 1.10 bits per heavy atom. The minimum Gasteiger partial charge on any atom is -0.346 e. The molecule has 1 atom stereocenters. The molecular formula is C23H21N3O2S. The van der Waals surface area contributed by atoms with E-state index in [0.717, 1.165) is 16.3 Å². The van der Waals surface area contributed by atoms with Crippen LogP contribution in [0.25, 0.3) is 21.7 Å². The highest BCUT2D eigenvalue weighted by Gasteiger charge is 2.14. The van der Waals surface area contributed by atoms with E-state index in [1.165, 1.54) is 4.57 Å². The maximum Gasteiger partial charge on any atom is 0.262 e. The van der Waals surface area contributed by atoms with Gasteiger partial charge in [-0.25, -0.2) is 0 Å². The lowest BCUT2D eigenvalue weighted by Gasteiger charge is -2.15. The average molecular weight is 404 g/mol. The number of H-pyrrole nitrogens is 1. The fourth-order valence-electron chi connectivity index (χ4n) is 3.52. The van der Waals surface area contributed by atoms with E-state index in [0.29, 0.717) is 27.8 Å². The number of carbonyl (C=O) groups is 1. The standard InChI is InChI=1S/C23H21N3O2S/c1-3-26-22(28)19-11-10-18(13-20(19)25-23(26)29)21(27)24-14(2)16-9-8-15-6-4-5-7-17(15)12-16/h4-14H,3H2,1-2H3,(H,24,27)(H,25,29). The molecule has 0 radical (unpaired) electrons. The molecule has 0 bridgehead atoms. The molecule has 1 unspecified atom stereocenters. The largest absolute Gasteiger partial charge is 0.346 e. The fraction of sp³-hybridized carbons (Fsp3) is 0.174. The zero-order chi connectivity index (χ0) is 20.5. The van der Waals surface area contributed by atoms with Gasteiger partial charge < -0.3 is 10.3 Å². The van der Waals surface area contributed by atoms with Crippen molar-refractivity contribution in [3.63, 3.8) is 0 Å². The number of nitrogens with zero attached hydrogens (tertiary/aromatic N) is 1. The first kappa shape index (κ1) is 19.1. The number of nitrogens with one attached hydrogen (secondary N) is 2. The molecule has 5 nitrogen and oxygen atoms in total. The second-order valence-corrected chi connectivity index (χ2v) is 7.43. The van der Waals surface area contributed by atoms with Crippen LogP contribution < -0.4 is 10.9 Å². The Hall–Kier alpha value is -3.25. The van der Waals surface area contributed by atoms with Crippen molar-refractivity contribution < 1.29 is 4.79 Å². The number of hydrogen-bond donors (Lipinski definition) is 2. The molecule has 0 aliphatic heterocycles. The number of carbonyl (C=O) groups excluding carboxylic acids is 1. The number of hydrogen-bond acceptors (Lipinski definition) is 3. The van der Waals surface area contributed by atoms with Gasteiger partial charge in [0, 0.05) is 12.1 Å². The van der Waals surface area contributed by atoms with Gasteiger partial charge >= 0.3 is 0 Å². The van der Waals surface area contributed by atoms with Crippen molar-refractivity contribution in [1.29, 1.82) is 0 Å². The lowest BCUT2D eigenvalue weighted by atomic mass is 10.0. The molecule has 1 amide bonds. The summed E-state index contributed by atoms with van der Waals surface area (Å²) in [7, 11) is 0. The van der Waals surface area contributed by atoms with Crippen LogP contribution in [0, 0.1) is 4.77 Å². The van der Waals surface area contributed by atoms with Gasteiger partial charge in [-0.1, -0.05) is 36.4 Å². The molecule has 0 aliphatic carbocycles. The van der Waals surface area contributed by atoms with Crippen molar-refractivity contribution >= 4 is 39.8 Å². The van der Waals surface area contributed by atoms with Crippen molar-refractivity contribution in [2.24, 2.45) is 0 Å². The van der Waals surface area contributed by atoms with E-state index in [1.54, 1.807) is 18.2 Å². The molecule has 3 aromatic carbocycles. The molecule has 4 rings (SSSR count). The summed E-state index contributed by atoms with van der Waals surface area (Å²) in [5.41, 5.74) is 1.92. The fourth-order valence-corrected chi connectivity index (χ4v) is 3.85. The van der Waals surface area contributed by atoms with Gasteiger partial charge in [-0.15, -0.1) is 0 Å². The number of fused-ring (bicyclic) bond motifs is 2. The molecule has 2 N–H and O–H groups in total. The molecule has 0 fully saturated rings. The molecule has 0 saturated heterocycles. The maximum atomic E-state index is 12.8. The Labute approximate surface area is 173 Å². The smallest absolute Gasteiger partial charge is 0.262 e. The molecule has 6 heteroatoms. The first-order valence-corrected chi connectivity index (χ1v) is 9.95. The Balaban J connectivity index is 1.62. The van der Waals surface area contributed by atoms with Crippen molar-refractivity contribution in [3.8, 4) is 0 Å². The monoisotopic (exact) mass is 403 g/mol. The number of rotatable bonds is 4. The Kier molecular flexibility index (Phi) is 5.03. The van der Waals surface area contributed by atoms with Gasteiger partial charge in [-0.05, 0) is 66.7 Å². The topological polar surface area (TPSA) is 66.9 Å². The summed E-state index contributed by atoms with van der Waals surface area (Å²) in [6.07, 6.45) is 0. The minimum atomic E-state index is -0.202. The van der Waals surface area contributed by atoms with Gasteiger partial charge in [0.1, 0.15) is 0 Å². The highest BCUT2D eigenvalue weighted by Crippen LogP contribution is 2.21. The van der Waals surface area contributed by atoms with Gasteiger partial charge in [-0.3, -0.25) is 14.2 Å². The van der Waals surface area contributed by atoms with Crippen molar-refractivity contribution in [2.75, 3.05) is 0 Å². The molecule has 1 heterocycles. The van der Waals surface area contributed by atoms with Crippen molar-refractivity contribution in [3.05, 3.63) is 86.9 Å². The third kappa shape index (κ3) is 3.59. The summed E-state index contributed by atoms with van der Waals surface area (Å²) in [6.45, 7) is 4.32. The first-order chi connectivity index (χ1) is 14.0. The van der Waals surface area contributed by atoms with Crippen LogP contribution in [0.2, 0.25) is 0 Å². The third-order valence-corrected chi connectivity index (χ3v) is 5.50. The summed E-state index contributed by atoms with van der Waals surface area (Å²) in [6, 6.07) is 19.2. The normalized spacial score (nSPS) is 12.2. The van der Waals surface area contributed by atoms with E-state index < -0.39 is 0 Å². The quantitative estimate of drug-likeness (QED) is 0.485. The highest BCUT2D eigenvalue weighted by atomic mass is 32.1.